The van der Waals surface area contributed by atoms with Gasteiger partial charge in [-0.1, -0.05) is 26.0 Å². The molecule has 178 valence electrons. The van der Waals surface area contributed by atoms with Crippen molar-refractivity contribution in [1.29, 1.82) is 0 Å². The monoisotopic (exact) mass is 456 g/mol. The molecular formula is C24H31F3O5. The van der Waals surface area contributed by atoms with E-state index in [-0.39, 0.29) is 17.8 Å². The summed E-state index contributed by atoms with van der Waals surface area (Å²) in [5, 5.41) is 0. The molecule has 0 radical (unpaired) electrons. The lowest BCUT2D eigenvalue weighted by Crippen LogP contribution is -2.70. The van der Waals surface area contributed by atoms with Crippen LogP contribution < -0.4 is 0 Å². The maximum absolute atomic E-state index is 12.9. The fourth-order valence-electron chi connectivity index (χ4n) is 6.25. The fraction of sp³-hybridized carbons (Fsp3) is 0.750. The van der Waals surface area contributed by atoms with E-state index in [1.165, 1.54) is 12.1 Å². The van der Waals surface area contributed by atoms with Gasteiger partial charge in [0.25, 0.3) is 0 Å². The van der Waals surface area contributed by atoms with Gasteiger partial charge in [0.05, 0.1) is 11.7 Å². The standard InChI is InChI=1S/C24H31F3O5/c1-13-5-10-19-14(2)20(28-15(3)16-6-8-17(9-7-16)24(25,26)27)29-21-23(19)18(13)11-12-22(4,30-21)31-32-23/h6-9,13-15,18-21H,5,10-12H2,1-4H3/t13-,14-,15+,18+,19+,20+,21-,22-,23-/m1/s1. The Morgan fingerprint density at radius 1 is 1.03 bits per heavy atom. The normalized spacial score (nSPS) is 44.6. The molecule has 4 saturated heterocycles. The van der Waals surface area contributed by atoms with E-state index in [4.69, 9.17) is 24.0 Å². The van der Waals surface area contributed by atoms with Crippen LogP contribution in [-0.2, 0) is 30.2 Å². The van der Waals surface area contributed by atoms with Gasteiger partial charge < -0.3 is 14.2 Å². The summed E-state index contributed by atoms with van der Waals surface area (Å²) >= 11 is 0. The van der Waals surface area contributed by atoms with Crippen molar-refractivity contribution in [3.8, 4) is 0 Å². The molecule has 4 heterocycles. The van der Waals surface area contributed by atoms with Crippen LogP contribution in [0.15, 0.2) is 24.3 Å². The zero-order valence-electron chi connectivity index (χ0n) is 18.9. The summed E-state index contributed by atoms with van der Waals surface area (Å²) in [6, 6.07) is 5.09. The minimum atomic E-state index is -4.36. The number of alkyl halides is 3. The third-order valence-electron chi connectivity index (χ3n) is 8.14. The van der Waals surface area contributed by atoms with Crippen molar-refractivity contribution in [1.82, 2.24) is 0 Å². The van der Waals surface area contributed by atoms with Gasteiger partial charge >= 0.3 is 6.18 Å². The number of hydrogen-bond acceptors (Lipinski definition) is 5. The molecule has 1 spiro atoms. The van der Waals surface area contributed by atoms with Crippen LogP contribution in [0.4, 0.5) is 13.2 Å². The van der Waals surface area contributed by atoms with Crippen LogP contribution in [0.3, 0.4) is 0 Å². The zero-order valence-corrected chi connectivity index (χ0v) is 18.9. The Hall–Kier alpha value is -1.19. The van der Waals surface area contributed by atoms with Gasteiger partial charge in [-0.3, -0.25) is 0 Å². The Labute approximate surface area is 186 Å². The molecule has 1 aromatic carbocycles. The Bertz CT molecular complexity index is 845. The molecule has 0 unspecified atom stereocenters. The molecule has 1 saturated carbocycles. The van der Waals surface area contributed by atoms with E-state index < -0.39 is 41.8 Å². The molecule has 0 aromatic heterocycles. The van der Waals surface area contributed by atoms with Gasteiger partial charge in [0, 0.05) is 18.3 Å². The highest BCUT2D eigenvalue weighted by atomic mass is 19.4. The Morgan fingerprint density at radius 2 is 1.75 bits per heavy atom. The molecule has 6 rings (SSSR count). The molecule has 0 N–H and O–H groups in total. The third-order valence-corrected chi connectivity index (χ3v) is 8.14. The smallest absolute Gasteiger partial charge is 0.345 e. The van der Waals surface area contributed by atoms with Crippen LogP contribution >= 0.6 is 0 Å². The molecule has 5 nitrogen and oxygen atoms in total. The molecule has 32 heavy (non-hydrogen) atoms. The number of ether oxygens (including phenoxy) is 3. The maximum Gasteiger partial charge on any atom is 0.416 e. The molecule has 5 fully saturated rings. The number of fused-ring (bicyclic) bond motifs is 2. The van der Waals surface area contributed by atoms with Gasteiger partial charge in [-0.25, -0.2) is 9.78 Å². The summed E-state index contributed by atoms with van der Waals surface area (Å²) in [5.41, 5.74) is -0.669. The van der Waals surface area contributed by atoms with Crippen LogP contribution in [-0.4, -0.2) is 24.0 Å². The highest BCUT2D eigenvalue weighted by Gasteiger charge is 2.69. The highest BCUT2D eigenvalue weighted by molar-refractivity contribution is 5.26. The average molecular weight is 457 g/mol. The molecule has 4 aliphatic heterocycles. The van der Waals surface area contributed by atoms with Crippen molar-refractivity contribution in [2.75, 3.05) is 0 Å². The SMILES string of the molecule is C[C@H]1[C@@H](O[C@@H](C)c2ccc(C(F)(F)F)cc2)O[C@@H]2O[C@@]3(C)CC[C@H]4[C@H](C)CC[C@@H]1[C@@]24OO3. The number of halogens is 3. The lowest BCUT2D eigenvalue weighted by atomic mass is 9.58. The Kier molecular flexibility index (Phi) is 5.41. The second-order valence-electron chi connectivity index (χ2n) is 10.2. The van der Waals surface area contributed by atoms with Gasteiger partial charge in [0.15, 0.2) is 18.2 Å². The number of hydrogen-bond donors (Lipinski definition) is 0. The summed E-state index contributed by atoms with van der Waals surface area (Å²) in [7, 11) is 0. The second-order valence-corrected chi connectivity index (χ2v) is 10.2. The van der Waals surface area contributed by atoms with Crippen LogP contribution in [0.2, 0.25) is 0 Å². The van der Waals surface area contributed by atoms with Gasteiger partial charge in [0.1, 0.15) is 0 Å². The summed E-state index contributed by atoms with van der Waals surface area (Å²) in [5.74, 6) is 0.0246. The maximum atomic E-state index is 12.9. The minimum absolute atomic E-state index is 0.00723. The predicted molar refractivity (Wildman–Crippen MR) is 108 cm³/mol. The zero-order chi connectivity index (χ0) is 22.9. The summed E-state index contributed by atoms with van der Waals surface area (Å²) in [6.07, 6.45) is -2.23. The van der Waals surface area contributed by atoms with Crippen molar-refractivity contribution in [3.63, 3.8) is 0 Å². The molecule has 5 aliphatic rings. The predicted octanol–water partition coefficient (Wildman–Crippen LogP) is 5.99. The quantitative estimate of drug-likeness (QED) is 0.523. The number of rotatable bonds is 3. The third kappa shape index (κ3) is 3.50. The van der Waals surface area contributed by atoms with E-state index in [1.54, 1.807) is 0 Å². The van der Waals surface area contributed by atoms with E-state index in [9.17, 15) is 13.2 Å². The lowest BCUT2D eigenvalue weighted by molar-refractivity contribution is -0.578. The van der Waals surface area contributed by atoms with Crippen molar-refractivity contribution in [3.05, 3.63) is 35.4 Å². The van der Waals surface area contributed by atoms with Gasteiger partial charge in [-0.15, -0.1) is 0 Å². The van der Waals surface area contributed by atoms with Crippen molar-refractivity contribution >= 4 is 0 Å². The van der Waals surface area contributed by atoms with E-state index in [0.717, 1.165) is 37.8 Å². The molecule has 8 heteroatoms. The van der Waals surface area contributed by atoms with Crippen LogP contribution in [0.25, 0.3) is 0 Å². The average Bonchev–Trinajstić information content (AvgIpc) is 2.97. The second kappa shape index (κ2) is 7.67. The van der Waals surface area contributed by atoms with Crippen LogP contribution in [0, 0.1) is 23.7 Å². The minimum Gasteiger partial charge on any atom is -0.345 e. The molecule has 9 atom stereocenters. The first-order valence-corrected chi connectivity index (χ1v) is 11.6. The molecular weight excluding hydrogens is 425 g/mol. The van der Waals surface area contributed by atoms with Gasteiger partial charge in [0.2, 0.25) is 5.79 Å². The van der Waals surface area contributed by atoms with Crippen LogP contribution in [0.5, 0.6) is 0 Å². The first-order valence-electron chi connectivity index (χ1n) is 11.6. The van der Waals surface area contributed by atoms with Crippen molar-refractivity contribution < 1.29 is 37.2 Å². The van der Waals surface area contributed by atoms with Gasteiger partial charge in [-0.2, -0.15) is 13.2 Å². The summed E-state index contributed by atoms with van der Waals surface area (Å²) in [4.78, 5) is 11.9. The largest absolute Gasteiger partial charge is 0.416 e. The topological polar surface area (TPSA) is 46.2 Å². The van der Waals surface area contributed by atoms with Gasteiger partial charge in [-0.05, 0) is 62.6 Å². The van der Waals surface area contributed by atoms with E-state index >= 15 is 0 Å². The highest BCUT2D eigenvalue weighted by Crippen LogP contribution is 2.60. The van der Waals surface area contributed by atoms with Crippen molar-refractivity contribution in [2.24, 2.45) is 23.7 Å². The summed E-state index contributed by atoms with van der Waals surface area (Å²) in [6.45, 7) is 8.06. The number of benzene rings is 1. The van der Waals surface area contributed by atoms with E-state index in [0.29, 0.717) is 11.5 Å². The first-order chi connectivity index (χ1) is 15.0. The summed E-state index contributed by atoms with van der Waals surface area (Å²) < 4.78 is 57.7. The fourth-order valence-corrected chi connectivity index (χ4v) is 6.25. The molecule has 0 amide bonds. The lowest BCUT2D eigenvalue weighted by Gasteiger charge is -2.60. The molecule has 1 aromatic rings. The van der Waals surface area contributed by atoms with Crippen LogP contribution in [0.1, 0.15) is 70.6 Å². The Morgan fingerprint density at radius 3 is 2.44 bits per heavy atom. The van der Waals surface area contributed by atoms with E-state index in [1.807, 2.05) is 13.8 Å². The first kappa shape index (κ1) is 22.6. The van der Waals surface area contributed by atoms with E-state index in [2.05, 4.69) is 13.8 Å². The molecule has 1 aliphatic carbocycles. The Balaban J connectivity index is 1.38. The molecule has 2 bridgehead atoms. The van der Waals surface area contributed by atoms with Crippen molar-refractivity contribution in [2.45, 2.75) is 89.6 Å².